The molecule has 0 saturated carbocycles. The van der Waals surface area contributed by atoms with Gasteiger partial charge in [0.2, 0.25) is 0 Å². The van der Waals surface area contributed by atoms with Crippen LogP contribution in [0.3, 0.4) is 0 Å². The van der Waals surface area contributed by atoms with Crippen LogP contribution >= 0.6 is 0 Å². The molecule has 1 fully saturated rings. The Labute approximate surface area is 179 Å². The molecule has 1 unspecified atom stereocenters. The van der Waals surface area contributed by atoms with Gasteiger partial charge in [0.05, 0.1) is 18.1 Å². The maximum Gasteiger partial charge on any atom is 0.278 e. The molecule has 0 aliphatic carbocycles. The highest BCUT2D eigenvalue weighted by Crippen LogP contribution is 2.21. The monoisotopic (exact) mass is 415 g/mol. The van der Waals surface area contributed by atoms with E-state index in [0.717, 1.165) is 19.5 Å². The minimum absolute atomic E-state index is 0.200. The summed E-state index contributed by atoms with van der Waals surface area (Å²) in [5, 5.41) is 29.6. The van der Waals surface area contributed by atoms with Crippen molar-refractivity contribution >= 4 is 28.9 Å². The highest BCUT2D eigenvalue weighted by molar-refractivity contribution is 6.06. The molecule has 0 radical (unpaired) electrons. The summed E-state index contributed by atoms with van der Waals surface area (Å²) in [6.07, 6.45) is 3.88. The van der Waals surface area contributed by atoms with Gasteiger partial charge in [-0.25, -0.2) is 9.97 Å². The standard InChI is InChI=1S/C21H21N9O/c22-9-16-12-26-19(13-24-16)28-18-8-17(25-11-14-6-7-23-10-14)20(30-29-18)21(31)27-15-4-2-1-3-5-15/h1-5,8,12-14,23H,6-7,10-11H2,(H,27,31)(H2,25,26,28,29). The molecule has 4 rings (SSSR count). The van der Waals surface area contributed by atoms with Gasteiger partial charge in [-0.1, -0.05) is 18.2 Å². The molecule has 10 heteroatoms. The normalized spacial score (nSPS) is 15.1. The van der Waals surface area contributed by atoms with Crippen LogP contribution in [0.15, 0.2) is 48.8 Å². The van der Waals surface area contributed by atoms with E-state index >= 15 is 0 Å². The molecule has 3 aromatic rings. The molecule has 2 aromatic heterocycles. The zero-order chi connectivity index (χ0) is 21.5. The molecule has 4 N–H and O–H groups in total. The van der Waals surface area contributed by atoms with Crippen molar-refractivity contribution < 1.29 is 4.79 Å². The number of anilines is 4. The lowest BCUT2D eigenvalue weighted by molar-refractivity contribution is 0.102. The van der Waals surface area contributed by atoms with E-state index in [9.17, 15) is 4.79 Å². The van der Waals surface area contributed by atoms with Crippen LogP contribution in [0.1, 0.15) is 22.6 Å². The van der Waals surface area contributed by atoms with Crippen molar-refractivity contribution in [3.05, 3.63) is 60.2 Å². The summed E-state index contributed by atoms with van der Waals surface area (Å²) >= 11 is 0. The van der Waals surface area contributed by atoms with Gasteiger partial charge in [-0.3, -0.25) is 4.79 Å². The maximum atomic E-state index is 12.8. The summed E-state index contributed by atoms with van der Waals surface area (Å²) < 4.78 is 0. The fourth-order valence-corrected chi connectivity index (χ4v) is 3.19. The Morgan fingerprint density at radius 3 is 2.74 bits per heavy atom. The Kier molecular flexibility index (Phi) is 6.25. The molecule has 1 aliphatic rings. The predicted molar refractivity (Wildman–Crippen MR) is 116 cm³/mol. The summed E-state index contributed by atoms with van der Waals surface area (Å²) in [5.41, 5.74) is 1.66. The first kappa shape index (κ1) is 20.2. The maximum absolute atomic E-state index is 12.8. The summed E-state index contributed by atoms with van der Waals surface area (Å²) in [6.45, 7) is 2.63. The zero-order valence-electron chi connectivity index (χ0n) is 16.7. The molecule has 1 saturated heterocycles. The summed E-state index contributed by atoms with van der Waals surface area (Å²) in [4.78, 5) is 20.9. The molecule has 1 aromatic carbocycles. The lowest BCUT2D eigenvalue weighted by Gasteiger charge is -2.15. The van der Waals surface area contributed by atoms with Crippen molar-refractivity contribution in [3.8, 4) is 6.07 Å². The summed E-state index contributed by atoms with van der Waals surface area (Å²) in [7, 11) is 0. The molecule has 0 spiro atoms. The highest BCUT2D eigenvalue weighted by Gasteiger charge is 2.19. The third-order valence-electron chi connectivity index (χ3n) is 4.81. The Morgan fingerprint density at radius 2 is 2.03 bits per heavy atom. The molecular weight excluding hydrogens is 394 g/mol. The second-order valence-electron chi connectivity index (χ2n) is 7.08. The zero-order valence-corrected chi connectivity index (χ0v) is 16.7. The second kappa shape index (κ2) is 9.60. The number of amides is 1. The van der Waals surface area contributed by atoms with E-state index in [4.69, 9.17) is 5.26 Å². The Bertz CT molecular complexity index is 1070. The van der Waals surface area contributed by atoms with E-state index in [0.29, 0.717) is 35.5 Å². The number of carbonyl (C=O) groups excluding carboxylic acids is 1. The number of carbonyl (C=O) groups is 1. The average Bonchev–Trinajstić information content (AvgIpc) is 3.33. The van der Waals surface area contributed by atoms with Crippen LogP contribution in [0, 0.1) is 17.2 Å². The molecule has 31 heavy (non-hydrogen) atoms. The van der Waals surface area contributed by atoms with Crippen LogP contribution in [-0.4, -0.2) is 45.7 Å². The molecule has 3 heterocycles. The van der Waals surface area contributed by atoms with Crippen LogP contribution in [0.2, 0.25) is 0 Å². The van der Waals surface area contributed by atoms with E-state index in [-0.39, 0.29) is 17.3 Å². The van der Waals surface area contributed by atoms with Gasteiger partial charge in [0.1, 0.15) is 11.9 Å². The van der Waals surface area contributed by atoms with Crippen LogP contribution in [0.4, 0.5) is 23.0 Å². The minimum Gasteiger partial charge on any atom is -0.383 e. The molecule has 1 amide bonds. The van der Waals surface area contributed by atoms with Gasteiger partial charge in [-0.15, -0.1) is 10.2 Å². The van der Waals surface area contributed by atoms with Gasteiger partial charge in [-0.05, 0) is 37.6 Å². The highest BCUT2D eigenvalue weighted by atomic mass is 16.2. The quantitative estimate of drug-likeness (QED) is 0.457. The average molecular weight is 415 g/mol. The van der Waals surface area contributed by atoms with Crippen molar-refractivity contribution in [2.45, 2.75) is 6.42 Å². The Balaban J connectivity index is 1.55. The Morgan fingerprint density at radius 1 is 1.16 bits per heavy atom. The number of benzene rings is 1. The molecular formula is C21H21N9O. The van der Waals surface area contributed by atoms with Gasteiger partial charge < -0.3 is 21.3 Å². The van der Waals surface area contributed by atoms with Crippen molar-refractivity contribution in [3.63, 3.8) is 0 Å². The van der Waals surface area contributed by atoms with Gasteiger partial charge in [0.25, 0.3) is 5.91 Å². The fourth-order valence-electron chi connectivity index (χ4n) is 3.19. The first-order valence-corrected chi connectivity index (χ1v) is 9.89. The van der Waals surface area contributed by atoms with E-state index in [2.05, 4.69) is 41.4 Å². The van der Waals surface area contributed by atoms with Crippen LogP contribution < -0.4 is 21.3 Å². The number of hydrogen-bond donors (Lipinski definition) is 4. The number of nitrogens with one attached hydrogen (secondary N) is 4. The molecule has 1 aliphatic heterocycles. The van der Waals surface area contributed by atoms with E-state index in [1.54, 1.807) is 6.07 Å². The third-order valence-corrected chi connectivity index (χ3v) is 4.81. The van der Waals surface area contributed by atoms with Gasteiger partial charge in [0, 0.05) is 18.3 Å². The van der Waals surface area contributed by atoms with Gasteiger partial charge in [0.15, 0.2) is 17.2 Å². The van der Waals surface area contributed by atoms with Crippen LogP contribution in [-0.2, 0) is 0 Å². The topological polar surface area (TPSA) is 141 Å². The second-order valence-corrected chi connectivity index (χ2v) is 7.08. The van der Waals surface area contributed by atoms with Gasteiger partial charge >= 0.3 is 0 Å². The lowest BCUT2D eigenvalue weighted by Crippen LogP contribution is -2.21. The number of aromatic nitrogens is 4. The third kappa shape index (κ3) is 5.29. The van der Waals surface area contributed by atoms with Crippen LogP contribution in [0.25, 0.3) is 0 Å². The van der Waals surface area contributed by atoms with Crippen molar-refractivity contribution in [1.29, 1.82) is 5.26 Å². The van der Waals surface area contributed by atoms with Crippen molar-refractivity contribution in [2.24, 2.45) is 5.92 Å². The lowest BCUT2D eigenvalue weighted by atomic mass is 10.1. The SMILES string of the molecule is N#Cc1cnc(Nc2cc(NCC3CCNC3)c(C(=O)Nc3ccccc3)nn2)cn1. The number of nitriles is 1. The molecule has 10 nitrogen and oxygen atoms in total. The van der Waals surface area contributed by atoms with E-state index in [1.807, 2.05) is 36.4 Å². The van der Waals surface area contributed by atoms with Crippen molar-refractivity contribution in [2.75, 3.05) is 35.6 Å². The molecule has 0 bridgehead atoms. The number of para-hydroxylation sites is 1. The molecule has 156 valence electrons. The number of nitrogens with zero attached hydrogens (tertiary/aromatic N) is 5. The summed E-state index contributed by atoms with van der Waals surface area (Å²) in [5.74, 6) is 0.942. The minimum atomic E-state index is -0.351. The largest absolute Gasteiger partial charge is 0.383 e. The van der Waals surface area contributed by atoms with Gasteiger partial charge in [-0.2, -0.15) is 5.26 Å². The smallest absolute Gasteiger partial charge is 0.278 e. The first-order valence-electron chi connectivity index (χ1n) is 9.89. The van der Waals surface area contributed by atoms with Crippen LogP contribution in [0.5, 0.6) is 0 Å². The molecule has 1 atom stereocenters. The fraction of sp³-hybridized carbons (Fsp3) is 0.238. The Hall–Kier alpha value is -4.10. The predicted octanol–water partition coefficient (Wildman–Crippen LogP) is 2.16. The first-order chi connectivity index (χ1) is 15.2. The summed E-state index contributed by atoms with van der Waals surface area (Å²) in [6, 6.07) is 12.8. The number of rotatable bonds is 7. The van der Waals surface area contributed by atoms with Crippen molar-refractivity contribution in [1.82, 2.24) is 25.5 Å². The number of hydrogen-bond acceptors (Lipinski definition) is 9. The van der Waals surface area contributed by atoms with E-state index in [1.165, 1.54) is 12.4 Å². The van der Waals surface area contributed by atoms with E-state index < -0.39 is 0 Å².